The average Bonchev–Trinajstić information content (AvgIpc) is 3.41. The lowest BCUT2D eigenvalue weighted by Gasteiger charge is -2.35. The van der Waals surface area contributed by atoms with Gasteiger partial charge in [0.05, 0.1) is 12.1 Å². The molecule has 0 saturated carbocycles. The number of benzene rings is 4. The van der Waals surface area contributed by atoms with E-state index in [4.69, 9.17) is 9.47 Å². The number of rotatable bonds is 8. The van der Waals surface area contributed by atoms with Crippen LogP contribution in [-0.4, -0.2) is 128 Å². The monoisotopic (exact) mass is 1060 g/mol. The van der Waals surface area contributed by atoms with Crippen LogP contribution in [0, 0.1) is 17.7 Å². The van der Waals surface area contributed by atoms with E-state index in [-0.39, 0.29) is 61.6 Å². The van der Waals surface area contributed by atoms with Gasteiger partial charge in [0.25, 0.3) is 0 Å². The Morgan fingerprint density at radius 2 is 1.12 bits per heavy atom. The molecule has 4 aromatic rings. The zero-order valence-corrected chi connectivity index (χ0v) is 46.3. The molecule has 416 valence electrons. The Kier molecular flexibility index (Phi) is 22.0. The highest BCUT2D eigenvalue weighted by Gasteiger charge is 2.38. The molecule has 2 aliphatic rings. The molecular formula is C60H81FN8O8. The number of carbonyl (C=O) groups excluding carboxylic acids is 6. The average molecular weight is 1060 g/mol. The summed E-state index contributed by atoms with van der Waals surface area (Å²) in [6, 6.07) is 22.7. The third-order valence-corrected chi connectivity index (χ3v) is 14.7. The normalized spacial score (nSPS) is 24.9. The molecule has 0 fully saturated rings. The van der Waals surface area contributed by atoms with E-state index in [9.17, 15) is 23.6 Å². The Hall–Kier alpha value is -6.85. The first-order valence-corrected chi connectivity index (χ1v) is 27.3. The van der Waals surface area contributed by atoms with Gasteiger partial charge in [-0.05, 0) is 110 Å². The standard InChI is InChI=1S/C60H81FN8O8/c1-10-38(4)53-60(75)69(9)54(58(73)67-49(32-42-18-12-11-13-19-42)57(72)63-30-16-21-44-20-14-15-23-50(44)76-39(5)36-65-53)46-27-26-45-22-17-31-62-56(71)48(33-43-24-28-47(61)29-25-43)66-55(70)41(7)68(8)59(74)52(37(2)3)64-35-40(6)77-51(45)34-46/h11-15,18-20,23-29,34,37-41,48-49,52-54,64-65H,10,16-17,21-22,30-33,35-36H2,1-9H3,(H,62,71)(H,63,72)(H,66,70)(H,67,73)/t38?,39-,40-,41-,48-,49-,52+,53+,54-/m1/s1. The number of nitrogens with one attached hydrogen (secondary N) is 6. The fourth-order valence-corrected chi connectivity index (χ4v) is 9.74. The zero-order chi connectivity index (χ0) is 55.8. The molecule has 0 aromatic heterocycles. The highest BCUT2D eigenvalue weighted by molar-refractivity contribution is 5.95. The number of amides is 6. The van der Waals surface area contributed by atoms with Gasteiger partial charge in [-0.2, -0.15) is 0 Å². The number of para-hydroxylation sites is 1. The fraction of sp³-hybridized carbons (Fsp3) is 0.500. The third-order valence-electron chi connectivity index (χ3n) is 14.7. The summed E-state index contributed by atoms with van der Waals surface area (Å²) in [6.45, 7) is 14.3. The summed E-state index contributed by atoms with van der Waals surface area (Å²) < 4.78 is 27.1. The molecule has 2 heterocycles. The molecule has 0 radical (unpaired) electrons. The van der Waals surface area contributed by atoms with Crippen LogP contribution in [0.15, 0.2) is 97.1 Å². The van der Waals surface area contributed by atoms with Crippen LogP contribution in [0.5, 0.6) is 11.5 Å². The predicted octanol–water partition coefficient (Wildman–Crippen LogP) is 5.61. The van der Waals surface area contributed by atoms with Gasteiger partial charge in [0.15, 0.2) is 0 Å². The van der Waals surface area contributed by atoms with Crippen molar-refractivity contribution in [3.8, 4) is 11.5 Å². The zero-order valence-electron chi connectivity index (χ0n) is 46.3. The Labute approximate surface area is 454 Å². The predicted molar refractivity (Wildman–Crippen MR) is 295 cm³/mol. The molecule has 16 nitrogen and oxygen atoms in total. The van der Waals surface area contributed by atoms with Crippen LogP contribution >= 0.6 is 0 Å². The molecule has 6 N–H and O–H groups in total. The van der Waals surface area contributed by atoms with Crippen molar-refractivity contribution in [2.45, 2.75) is 142 Å². The van der Waals surface area contributed by atoms with Crippen molar-refractivity contribution in [2.75, 3.05) is 40.3 Å². The maximum atomic E-state index is 15.3. The number of fused-ring (bicyclic) bond motifs is 2. The van der Waals surface area contributed by atoms with Gasteiger partial charge in [0, 0.05) is 53.1 Å². The van der Waals surface area contributed by atoms with Gasteiger partial charge < -0.3 is 51.2 Å². The number of aryl methyl sites for hydroxylation is 2. The summed E-state index contributed by atoms with van der Waals surface area (Å²) in [5, 5.41) is 18.8. The fourth-order valence-electron chi connectivity index (χ4n) is 9.74. The highest BCUT2D eigenvalue weighted by Crippen LogP contribution is 2.31. The summed E-state index contributed by atoms with van der Waals surface area (Å²) >= 11 is 0. The molecule has 1 unspecified atom stereocenters. The molecule has 0 bridgehead atoms. The van der Waals surface area contributed by atoms with Gasteiger partial charge in [0.1, 0.15) is 53.7 Å². The van der Waals surface area contributed by atoms with Crippen molar-refractivity contribution >= 4 is 35.4 Å². The van der Waals surface area contributed by atoms with Crippen molar-refractivity contribution in [2.24, 2.45) is 11.8 Å². The maximum absolute atomic E-state index is 15.3. The van der Waals surface area contributed by atoms with Gasteiger partial charge in [-0.15, -0.1) is 0 Å². The number of hydrogen-bond acceptors (Lipinski definition) is 10. The molecule has 0 spiro atoms. The summed E-state index contributed by atoms with van der Waals surface area (Å²) in [7, 11) is 3.16. The van der Waals surface area contributed by atoms with Crippen LogP contribution in [-0.2, 0) is 54.5 Å². The third kappa shape index (κ3) is 16.6. The van der Waals surface area contributed by atoms with Gasteiger partial charge in [-0.25, -0.2) is 4.39 Å². The number of nitrogens with zero attached hydrogens (tertiary/aromatic N) is 2. The van der Waals surface area contributed by atoms with E-state index in [0.717, 1.165) is 22.4 Å². The van der Waals surface area contributed by atoms with E-state index in [2.05, 4.69) is 31.9 Å². The molecule has 0 saturated heterocycles. The summed E-state index contributed by atoms with van der Waals surface area (Å²) in [5.74, 6) is -2.19. The van der Waals surface area contributed by atoms with E-state index in [1.165, 1.54) is 21.9 Å². The van der Waals surface area contributed by atoms with E-state index in [1.807, 2.05) is 102 Å². The largest absolute Gasteiger partial charge is 0.489 e. The summed E-state index contributed by atoms with van der Waals surface area (Å²) in [6.07, 6.45) is 2.19. The number of hydrogen-bond donors (Lipinski definition) is 6. The summed E-state index contributed by atoms with van der Waals surface area (Å²) in [5.41, 5.74) is 3.66. The second-order valence-corrected chi connectivity index (χ2v) is 21.1. The van der Waals surface area contributed by atoms with Gasteiger partial charge in [-0.1, -0.05) is 107 Å². The number of carbonyl (C=O) groups is 6. The molecule has 6 amide bonds. The van der Waals surface area contributed by atoms with Crippen LogP contribution in [0.2, 0.25) is 0 Å². The first-order valence-electron chi connectivity index (χ1n) is 27.3. The number of likely N-dealkylation sites (N-methyl/N-ethyl adjacent to an activating group) is 2. The molecular weight excluding hydrogens is 980 g/mol. The van der Waals surface area contributed by atoms with Crippen LogP contribution in [0.3, 0.4) is 0 Å². The molecule has 0 aliphatic carbocycles. The summed E-state index contributed by atoms with van der Waals surface area (Å²) in [4.78, 5) is 89.3. The second kappa shape index (κ2) is 28.5. The van der Waals surface area contributed by atoms with Gasteiger partial charge in [-0.3, -0.25) is 28.8 Å². The van der Waals surface area contributed by atoms with Crippen LogP contribution in [0.25, 0.3) is 0 Å². The van der Waals surface area contributed by atoms with Crippen molar-refractivity contribution in [1.29, 1.82) is 0 Å². The Morgan fingerprint density at radius 3 is 1.71 bits per heavy atom. The number of halogens is 1. The molecule has 4 aromatic carbocycles. The first kappa shape index (κ1) is 59.4. The topological polar surface area (TPSA) is 200 Å². The van der Waals surface area contributed by atoms with E-state index in [0.29, 0.717) is 62.1 Å². The van der Waals surface area contributed by atoms with Crippen molar-refractivity contribution < 1.29 is 42.6 Å². The van der Waals surface area contributed by atoms with Gasteiger partial charge in [0.2, 0.25) is 35.4 Å². The van der Waals surface area contributed by atoms with E-state index >= 15 is 9.59 Å². The lowest BCUT2D eigenvalue weighted by Crippen LogP contribution is -2.57. The smallest absolute Gasteiger partial charge is 0.248 e. The lowest BCUT2D eigenvalue weighted by molar-refractivity contribution is -0.142. The number of ether oxygens (including phenoxy) is 2. The Morgan fingerprint density at radius 1 is 0.597 bits per heavy atom. The second-order valence-electron chi connectivity index (χ2n) is 21.1. The maximum Gasteiger partial charge on any atom is 0.248 e. The molecule has 17 heteroatoms. The minimum Gasteiger partial charge on any atom is -0.489 e. The van der Waals surface area contributed by atoms with E-state index in [1.54, 1.807) is 45.3 Å². The van der Waals surface area contributed by atoms with Crippen molar-refractivity contribution in [1.82, 2.24) is 41.7 Å². The van der Waals surface area contributed by atoms with E-state index < -0.39 is 65.9 Å². The van der Waals surface area contributed by atoms with Crippen LogP contribution < -0.4 is 41.4 Å². The quantitative estimate of drug-likeness (QED) is 0.129. The minimum atomic E-state index is -1.25. The molecule has 2 aliphatic heterocycles. The van der Waals surface area contributed by atoms with Crippen molar-refractivity contribution in [3.63, 3.8) is 0 Å². The lowest BCUT2D eigenvalue weighted by atomic mass is 9.95. The molecule has 9 atom stereocenters. The molecule has 77 heavy (non-hydrogen) atoms. The van der Waals surface area contributed by atoms with Gasteiger partial charge >= 0.3 is 0 Å². The van der Waals surface area contributed by atoms with Crippen molar-refractivity contribution in [3.05, 3.63) is 131 Å². The highest BCUT2D eigenvalue weighted by atomic mass is 19.1. The van der Waals surface area contributed by atoms with Crippen LogP contribution in [0.1, 0.15) is 102 Å². The van der Waals surface area contributed by atoms with Crippen LogP contribution in [0.4, 0.5) is 4.39 Å². The SMILES string of the molecule is CCC(C)[C@@H]1NC[C@@H](C)Oc2ccccc2CCCNC(=O)[C@@H](Cc2ccccc2)NC(=O)[C@@H](c2ccc3c(c2)O[C@H](C)CN[C@@H](C(C)C)C(=O)N(C)[C@H](C)C(=O)N[C@H](Cc2ccc(F)cc2)C(=O)NCCC3)N(C)C1=O. The molecule has 6 rings (SSSR count). The Balaban J connectivity index is 1.39. The first-order chi connectivity index (χ1) is 36.8. The Bertz CT molecular complexity index is 2620. The minimum absolute atomic E-state index is 0.0792.